The van der Waals surface area contributed by atoms with Gasteiger partial charge in [0.25, 0.3) is 0 Å². The summed E-state index contributed by atoms with van der Waals surface area (Å²) in [5, 5.41) is 0. The minimum atomic E-state index is -0.120. The van der Waals surface area contributed by atoms with Crippen LogP contribution in [0.25, 0.3) is 0 Å². The quantitative estimate of drug-likeness (QED) is 0.297. The standard InChI is InChI=1S/C31H50O2/c1-8-23(20(2)3)10-9-21(4)27-13-14-28-26-12-11-24-19-25(33-22(5)32)15-17-30(24,6)29(26)16-18-31(27,28)7/h9-11,20-21,23,25-29H,8,12-19H2,1-7H3/t21?,23?,25?,26-,27+,28-,29-,30-,31+/m0/s1. The Morgan fingerprint density at radius 3 is 2.52 bits per heavy atom. The third kappa shape index (κ3) is 4.50. The monoisotopic (exact) mass is 454 g/mol. The molecule has 0 heterocycles. The Morgan fingerprint density at radius 1 is 1.09 bits per heavy atom. The molecule has 0 aromatic carbocycles. The van der Waals surface area contributed by atoms with Crippen LogP contribution in [0.3, 0.4) is 0 Å². The zero-order chi connectivity index (χ0) is 24.0. The highest BCUT2D eigenvalue weighted by molar-refractivity contribution is 5.66. The molecule has 0 aliphatic heterocycles. The van der Waals surface area contributed by atoms with Gasteiger partial charge in [-0.25, -0.2) is 0 Å². The molecule has 3 fully saturated rings. The third-order valence-electron chi connectivity index (χ3n) is 11.1. The summed E-state index contributed by atoms with van der Waals surface area (Å²) < 4.78 is 5.62. The molecule has 0 spiro atoms. The topological polar surface area (TPSA) is 26.3 Å². The Labute approximate surface area is 204 Å². The molecule has 0 saturated heterocycles. The fourth-order valence-corrected chi connectivity index (χ4v) is 9.15. The predicted molar refractivity (Wildman–Crippen MR) is 138 cm³/mol. The maximum absolute atomic E-state index is 11.5. The zero-order valence-corrected chi connectivity index (χ0v) is 22.5. The summed E-state index contributed by atoms with van der Waals surface area (Å²) in [5.74, 6) is 5.41. The largest absolute Gasteiger partial charge is 0.462 e. The maximum atomic E-state index is 11.5. The Hall–Kier alpha value is -1.05. The number of carbonyl (C=O) groups excluding carboxylic acids is 1. The Kier molecular flexibility index (Phi) is 7.24. The highest BCUT2D eigenvalue weighted by atomic mass is 16.5. The van der Waals surface area contributed by atoms with Crippen molar-refractivity contribution in [3.05, 3.63) is 23.8 Å². The average Bonchev–Trinajstić information content (AvgIpc) is 3.11. The van der Waals surface area contributed by atoms with Crippen molar-refractivity contribution in [2.24, 2.45) is 52.3 Å². The van der Waals surface area contributed by atoms with Gasteiger partial charge in [0.1, 0.15) is 6.10 Å². The lowest BCUT2D eigenvalue weighted by molar-refractivity contribution is -0.148. The number of hydrogen-bond acceptors (Lipinski definition) is 2. The van der Waals surface area contributed by atoms with E-state index >= 15 is 0 Å². The van der Waals surface area contributed by atoms with Crippen molar-refractivity contribution < 1.29 is 9.53 Å². The second kappa shape index (κ2) is 9.54. The maximum Gasteiger partial charge on any atom is 0.302 e. The van der Waals surface area contributed by atoms with Gasteiger partial charge in [0, 0.05) is 13.3 Å². The van der Waals surface area contributed by atoms with Gasteiger partial charge in [-0.1, -0.05) is 65.3 Å². The van der Waals surface area contributed by atoms with E-state index in [2.05, 4.69) is 59.8 Å². The van der Waals surface area contributed by atoms with Crippen molar-refractivity contribution in [2.45, 2.75) is 112 Å². The zero-order valence-electron chi connectivity index (χ0n) is 22.5. The van der Waals surface area contributed by atoms with Gasteiger partial charge in [0.15, 0.2) is 0 Å². The third-order valence-corrected chi connectivity index (χ3v) is 11.1. The highest BCUT2D eigenvalue weighted by Crippen LogP contribution is 2.67. The van der Waals surface area contributed by atoms with Crippen LogP contribution in [0.4, 0.5) is 0 Å². The van der Waals surface area contributed by atoms with Crippen molar-refractivity contribution >= 4 is 5.97 Å². The number of hydrogen-bond donors (Lipinski definition) is 0. The molecule has 4 aliphatic rings. The molecule has 4 rings (SSSR count). The van der Waals surface area contributed by atoms with E-state index in [4.69, 9.17) is 4.74 Å². The minimum absolute atomic E-state index is 0.105. The Morgan fingerprint density at radius 2 is 1.85 bits per heavy atom. The van der Waals surface area contributed by atoms with Gasteiger partial charge in [0.05, 0.1) is 0 Å². The molecule has 0 radical (unpaired) electrons. The smallest absolute Gasteiger partial charge is 0.302 e. The summed E-state index contributed by atoms with van der Waals surface area (Å²) in [6.07, 6.45) is 19.2. The molecular weight excluding hydrogens is 404 g/mol. The summed E-state index contributed by atoms with van der Waals surface area (Å²) in [7, 11) is 0. The van der Waals surface area contributed by atoms with Crippen LogP contribution in [0.2, 0.25) is 0 Å². The first-order chi connectivity index (χ1) is 15.6. The number of rotatable bonds is 6. The molecule has 33 heavy (non-hydrogen) atoms. The SMILES string of the molecule is CCC(C=CC(C)[C@H]1CC[C@H]2[C@@H]3CC=C4CC(OC(C)=O)CC[C@]4(C)[C@H]3CC[C@]12C)C(C)C. The summed E-state index contributed by atoms with van der Waals surface area (Å²) in [6, 6.07) is 0. The van der Waals surface area contributed by atoms with Crippen LogP contribution in [0, 0.1) is 52.3 Å². The van der Waals surface area contributed by atoms with Crippen LogP contribution in [-0.4, -0.2) is 12.1 Å². The number of carbonyl (C=O) groups is 1. The van der Waals surface area contributed by atoms with E-state index < -0.39 is 0 Å². The minimum Gasteiger partial charge on any atom is -0.462 e. The normalized spacial score (nSPS) is 42.3. The fourth-order valence-electron chi connectivity index (χ4n) is 9.15. The number of esters is 1. The molecule has 0 bridgehead atoms. The Bertz CT molecular complexity index is 778. The molecule has 9 atom stereocenters. The molecule has 4 aliphatic carbocycles. The Balaban J connectivity index is 1.49. The first kappa shape index (κ1) is 25.1. The molecule has 3 unspecified atom stereocenters. The van der Waals surface area contributed by atoms with Gasteiger partial charge >= 0.3 is 5.97 Å². The summed E-state index contributed by atoms with van der Waals surface area (Å²) >= 11 is 0. The van der Waals surface area contributed by atoms with Gasteiger partial charge in [-0.2, -0.15) is 0 Å². The van der Waals surface area contributed by atoms with E-state index in [1.54, 1.807) is 12.5 Å². The summed E-state index contributed by atoms with van der Waals surface area (Å²) in [4.78, 5) is 11.5. The highest BCUT2D eigenvalue weighted by Gasteiger charge is 2.59. The lowest BCUT2D eigenvalue weighted by Crippen LogP contribution is -2.51. The van der Waals surface area contributed by atoms with Crippen LogP contribution in [0.1, 0.15) is 106 Å². The molecule has 186 valence electrons. The van der Waals surface area contributed by atoms with E-state index in [0.717, 1.165) is 48.3 Å². The molecule has 2 heteroatoms. The van der Waals surface area contributed by atoms with Crippen LogP contribution < -0.4 is 0 Å². The number of allylic oxidation sites excluding steroid dienone is 3. The van der Waals surface area contributed by atoms with E-state index in [9.17, 15) is 4.79 Å². The van der Waals surface area contributed by atoms with E-state index in [0.29, 0.717) is 16.7 Å². The van der Waals surface area contributed by atoms with E-state index in [1.165, 1.54) is 44.9 Å². The fraction of sp³-hybridized carbons (Fsp3) is 0.839. The molecule has 0 amide bonds. The molecule has 0 N–H and O–H groups in total. The predicted octanol–water partition coefficient (Wildman–Crippen LogP) is 8.37. The van der Waals surface area contributed by atoms with Gasteiger partial charge in [-0.15, -0.1) is 0 Å². The van der Waals surface area contributed by atoms with Crippen LogP contribution in [-0.2, 0) is 9.53 Å². The summed E-state index contributed by atoms with van der Waals surface area (Å²) in [5.41, 5.74) is 2.44. The lowest BCUT2D eigenvalue weighted by atomic mass is 9.47. The van der Waals surface area contributed by atoms with Crippen molar-refractivity contribution in [3.8, 4) is 0 Å². The van der Waals surface area contributed by atoms with E-state index in [-0.39, 0.29) is 12.1 Å². The van der Waals surface area contributed by atoms with Gasteiger partial charge in [-0.05, 0) is 104 Å². The molecule has 0 aromatic rings. The van der Waals surface area contributed by atoms with Crippen LogP contribution in [0.5, 0.6) is 0 Å². The van der Waals surface area contributed by atoms with E-state index in [1.807, 2.05) is 0 Å². The molecule has 0 aromatic heterocycles. The van der Waals surface area contributed by atoms with Gasteiger partial charge in [0.2, 0.25) is 0 Å². The second-order valence-corrected chi connectivity index (χ2v) is 13.0. The van der Waals surface area contributed by atoms with Crippen LogP contribution in [0.15, 0.2) is 23.8 Å². The molecular formula is C31H50O2. The van der Waals surface area contributed by atoms with Crippen molar-refractivity contribution in [1.82, 2.24) is 0 Å². The van der Waals surface area contributed by atoms with Gasteiger partial charge < -0.3 is 4.74 Å². The number of fused-ring (bicyclic) bond motifs is 5. The van der Waals surface area contributed by atoms with Crippen LogP contribution >= 0.6 is 0 Å². The van der Waals surface area contributed by atoms with Crippen molar-refractivity contribution in [3.63, 3.8) is 0 Å². The summed E-state index contributed by atoms with van der Waals surface area (Å²) in [6.45, 7) is 16.3. The second-order valence-electron chi connectivity index (χ2n) is 13.0. The lowest BCUT2D eigenvalue weighted by Gasteiger charge is -2.58. The van der Waals surface area contributed by atoms with Crippen molar-refractivity contribution in [1.29, 1.82) is 0 Å². The molecule has 3 saturated carbocycles. The van der Waals surface area contributed by atoms with Crippen molar-refractivity contribution in [2.75, 3.05) is 0 Å². The molecule has 2 nitrogen and oxygen atoms in total. The first-order valence-electron chi connectivity index (χ1n) is 14.1. The first-order valence-corrected chi connectivity index (χ1v) is 14.1. The van der Waals surface area contributed by atoms with Gasteiger partial charge in [-0.3, -0.25) is 4.79 Å². The average molecular weight is 455 g/mol. The number of ether oxygens (including phenoxy) is 1.